The first-order valence-corrected chi connectivity index (χ1v) is 9.25. The van der Waals surface area contributed by atoms with Crippen molar-refractivity contribution in [1.29, 1.82) is 0 Å². The number of hydrogen-bond acceptors (Lipinski definition) is 5. The molecule has 2 aromatic heterocycles. The minimum absolute atomic E-state index is 0.476. The molecule has 1 N–H and O–H groups in total. The molecular weight excluding hydrogens is 326 g/mol. The fraction of sp³-hybridized carbons (Fsp3) is 0.400. The normalized spacial score (nSPS) is 16.9. The number of rotatable bonds is 5. The van der Waals surface area contributed by atoms with Crippen LogP contribution in [0.5, 0.6) is 0 Å². The smallest absolute Gasteiger partial charge is 0.147 e. The molecule has 1 saturated heterocycles. The Morgan fingerprint density at radius 3 is 2.65 bits per heavy atom. The molecule has 1 unspecified atom stereocenters. The van der Waals surface area contributed by atoms with E-state index in [1.807, 2.05) is 12.3 Å². The van der Waals surface area contributed by atoms with E-state index >= 15 is 0 Å². The largest absolute Gasteiger partial charge is 0.387 e. The summed E-state index contributed by atoms with van der Waals surface area (Å²) in [5.41, 5.74) is 2.22. The summed E-state index contributed by atoms with van der Waals surface area (Å²) >= 11 is 0. The topological polar surface area (TPSA) is 57.4 Å². The Morgan fingerprint density at radius 1 is 1.12 bits per heavy atom. The lowest BCUT2D eigenvalue weighted by atomic mass is 10.1. The molecule has 0 amide bonds. The molecule has 1 aliphatic heterocycles. The van der Waals surface area contributed by atoms with E-state index in [0.717, 1.165) is 49.5 Å². The second-order valence-electron chi connectivity index (χ2n) is 6.75. The molecule has 6 heteroatoms. The zero-order valence-electron chi connectivity index (χ0n) is 15.1. The van der Waals surface area contributed by atoms with Gasteiger partial charge < -0.3 is 14.6 Å². The first kappa shape index (κ1) is 17.0. The molecule has 136 valence electrons. The lowest BCUT2D eigenvalue weighted by molar-refractivity contribution is 0.110. The fourth-order valence-electron chi connectivity index (χ4n) is 3.76. The average Bonchev–Trinajstić information content (AvgIpc) is 3.08. The number of para-hydroxylation sites is 1. The molecule has 1 atom stereocenters. The van der Waals surface area contributed by atoms with Gasteiger partial charge in [0.05, 0.1) is 12.3 Å². The molecule has 0 saturated carbocycles. The van der Waals surface area contributed by atoms with Gasteiger partial charge in [-0.2, -0.15) is 0 Å². The van der Waals surface area contributed by atoms with Crippen LogP contribution in [0.15, 0.2) is 49.1 Å². The van der Waals surface area contributed by atoms with Crippen LogP contribution in [0.25, 0.3) is 10.9 Å². The number of fused-ring (bicyclic) bond motifs is 1. The summed E-state index contributed by atoms with van der Waals surface area (Å²) < 4.78 is 2.21. The molecule has 0 aliphatic carbocycles. The summed E-state index contributed by atoms with van der Waals surface area (Å²) in [5.74, 6) is 0.929. The standard InChI is InChI=1S/C20H25N5O/c1-2-24-14-17(16-5-3-4-6-18(16)24)19(26)15-23-9-11-25(12-10-23)20-13-21-7-8-22-20/h3-8,13-14,19,26H,2,9-12,15H2,1H3. The molecule has 3 aromatic rings. The number of hydrogen-bond donors (Lipinski definition) is 1. The third-order valence-corrected chi connectivity index (χ3v) is 5.20. The predicted octanol–water partition coefficient (Wildman–Crippen LogP) is 2.31. The van der Waals surface area contributed by atoms with Gasteiger partial charge in [0, 0.05) is 74.3 Å². The van der Waals surface area contributed by atoms with Gasteiger partial charge in [-0.3, -0.25) is 9.88 Å². The van der Waals surface area contributed by atoms with Gasteiger partial charge in [-0.1, -0.05) is 18.2 Å². The summed E-state index contributed by atoms with van der Waals surface area (Å²) in [5, 5.41) is 12.0. The summed E-state index contributed by atoms with van der Waals surface area (Å²) in [6.45, 7) is 7.34. The maximum atomic E-state index is 10.9. The van der Waals surface area contributed by atoms with Crippen LogP contribution >= 0.6 is 0 Å². The molecule has 3 heterocycles. The van der Waals surface area contributed by atoms with E-state index in [9.17, 15) is 5.11 Å². The van der Waals surface area contributed by atoms with Gasteiger partial charge >= 0.3 is 0 Å². The Labute approximate surface area is 153 Å². The van der Waals surface area contributed by atoms with Crippen LogP contribution in [0.2, 0.25) is 0 Å². The highest BCUT2D eigenvalue weighted by atomic mass is 16.3. The van der Waals surface area contributed by atoms with Gasteiger partial charge in [0.1, 0.15) is 5.82 Å². The number of anilines is 1. The van der Waals surface area contributed by atoms with E-state index in [1.165, 1.54) is 5.52 Å². The van der Waals surface area contributed by atoms with Crippen molar-refractivity contribution in [1.82, 2.24) is 19.4 Å². The van der Waals surface area contributed by atoms with E-state index in [2.05, 4.69) is 55.7 Å². The Hall–Kier alpha value is -2.44. The summed E-state index contributed by atoms with van der Waals surface area (Å²) in [6, 6.07) is 8.31. The lowest BCUT2D eigenvalue weighted by Gasteiger charge is -2.36. The van der Waals surface area contributed by atoms with Crippen molar-refractivity contribution in [2.45, 2.75) is 19.6 Å². The fourth-order valence-corrected chi connectivity index (χ4v) is 3.76. The zero-order chi connectivity index (χ0) is 17.9. The highest BCUT2D eigenvalue weighted by Crippen LogP contribution is 2.27. The number of aryl methyl sites for hydroxylation is 1. The minimum Gasteiger partial charge on any atom is -0.387 e. The van der Waals surface area contributed by atoms with Gasteiger partial charge in [-0.05, 0) is 13.0 Å². The maximum absolute atomic E-state index is 10.9. The molecule has 1 fully saturated rings. The number of aromatic nitrogens is 3. The van der Waals surface area contributed by atoms with Crippen LogP contribution in [-0.2, 0) is 6.54 Å². The Balaban J connectivity index is 1.43. The second kappa shape index (κ2) is 7.43. The quantitative estimate of drug-likeness (QED) is 0.764. The SMILES string of the molecule is CCn1cc(C(O)CN2CCN(c3cnccn3)CC2)c2ccccc21. The van der Waals surface area contributed by atoms with E-state index in [0.29, 0.717) is 6.54 Å². The van der Waals surface area contributed by atoms with Crippen molar-refractivity contribution in [2.24, 2.45) is 0 Å². The molecule has 6 nitrogen and oxygen atoms in total. The first-order chi connectivity index (χ1) is 12.8. The van der Waals surface area contributed by atoms with Gasteiger partial charge in [0.25, 0.3) is 0 Å². The van der Waals surface area contributed by atoms with Gasteiger partial charge in [0.2, 0.25) is 0 Å². The second-order valence-corrected chi connectivity index (χ2v) is 6.75. The van der Waals surface area contributed by atoms with Gasteiger partial charge in [0.15, 0.2) is 0 Å². The third kappa shape index (κ3) is 3.30. The third-order valence-electron chi connectivity index (χ3n) is 5.20. The Morgan fingerprint density at radius 2 is 1.92 bits per heavy atom. The van der Waals surface area contributed by atoms with E-state index in [4.69, 9.17) is 0 Å². The van der Waals surface area contributed by atoms with Crippen LogP contribution in [0, 0.1) is 0 Å². The van der Waals surface area contributed by atoms with Crippen molar-refractivity contribution in [3.05, 3.63) is 54.6 Å². The van der Waals surface area contributed by atoms with Crippen molar-refractivity contribution >= 4 is 16.7 Å². The molecule has 26 heavy (non-hydrogen) atoms. The van der Waals surface area contributed by atoms with E-state index in [-0.39, 0.29) is 0 Å². The number of aliphatic hydroxyl groups is 1. The Kier molecular flexibility index (Phi) is 4.86. The van der Waals surface area contributed by atoms with E-state index < -0.39 is 6.10 Å². The summed E-state index contributed by atoms with van der Waals surface area (Å²) in [6.07, 6.45) is 6.86. The van der Waals surface area contributed by atoms with Crippen LogP contribution in [-0.4, -0.2) is 57.3 Å². The van der Waals surface area contributed by atoms with Crippen molar-refractivity contribution in [3.63, 3.8) is 0 Å². The number of piperazine rings is 1. The Bertz CT molecular complexity index is 855. The zero-order valence-corrected chi connectivity index (χ0v) is 15.1. The highest BCUT2D eigenvalue weighted by Gasteiger charge is 2.22. The predicted molar refractivity (Wildman–Crippen MR) is 103 cm³/mol. The van der Waals surface area contributed by atoms with Crippen LogP contribution in [0.4, 0.5) is 5.82 Å². The summed E-state index contributed by atoms with van der Waals surface area (Å²) in [4.78, 5) is 13.1. The number of nitrogens with zero attached hydrogens (tertiary/aromatic N) is 5. The number of benzene rings is 1. The first-order valence-electron chi connectivity index (χ1n) is 9.25. The molecule has 1 aliphatic rings. The van der Waals surface area contributed by atoms with Crippen molar-refractivity contribution in [2.75, 3.05) is 37.6 Å². The summed E-state index contributed by atoms with van der Waals surface area (Å²) in [7, 11) is 0. The number of aliphatic hydroxyl groups excluding tert-OH is 1. The molecule has 0 spiro atoms. The van der Waals surface area contributed by atoms with Crippen LogP contribution < -0.4 is 4.90 Å². The molecule has 0 bridgehead atoms. The molecule has 1 aromatic carbocycles. The van der Waals surface area contributed by atoms with Crippen LogP contribution in [0.3, 0.4) is 0 Å². The molecular formula is C20H25N5O. The monoisotopic (exact) mass is 351 g/mol. The maximum Gasteiger partial charge on any atom is 0.147 e. The lowest BCUT2D eigenvalue weighted by Crippen LogP contribution is -2.47. The number of β-amino-alcohol motifs (C(OH)–C–C–N with tert-alkyl or cyclic N) is 1. The molecule has 0 radical (unpaired) electrons. The molecule has 4 rings (SSSR count). The van der Waals surface area contributed by atoms with Crippen molar-refractivity contribution in [3.8, 4) is 0 Å². The van der Waals surface area contributed by atoms with Crippen molar-refractivity contribution < 1.29 is 5.11 Å². The highest BCUT2D eigenvalue weighted by molar-refractivity contribution is 5.84. The van der Waals surface area contributed by atoms with Crippen LogP contribution in [0.1, 0.15) is 18.6 Å². The van der Waals surface area contributed by atoms with E-state index in [1.54, 1.807) is 12.4 Å². The van der Waals surface area contributed by atoms with Gasteiger partial charge in [-0.15, -0.1) is 0 Å². The van der Waals surface area contributed by atoms with Gasteiger partial charge in [-0.25, -0.2) is 4.98 Å². The average molecular weight is 351 g/mol. The minimum atomic E-state index is -0.476.